The quantitative estimate of drug-likeness (QED) is 0.0262. The highest BCUT2D eigenvalue weighted by Gasteiger charge is 2.19. The molecule has 0 fully saturated rings. The van der Waals surface area contributed by atoms with Gasteiger partial charge in [-0.2, -0.15) is 0 Å². The number of hydrogen-bond donors (Lipinski definition) is 0. The number of allylic oxidation sites excluding steroid dienone is 10. The number of unbranched alkanes of at least 4 members (excludes halogenated alkanes) is 27. The Balaban J connectivity index is 4.31. The Labute approximate surface area is 390 Å². The van der Waals surface area contributed by atoms with Gasteiger partial charge in [0.15, 0.2) is 6.10 Å². The summed E-state index contributed by atoms with van der Waals surface area (Å²) in [7, 11) is 0. The van der Waals surface area contributed by atoms with Crippen molar-refractivity contribution in [2.75, 3.05) is 13.2 Å². The molecule has 1 unspecified atom stereocenters. The Kier molecular flexibility index (Phi) is 49.4. The van der Waals surface area contributed by atoms with Crippen LogP contribution in [0.3, 0.4) is 0 Å². The van der Waals surface area contributed by atoms with Crippen molar-refractivity contribution in [3.8, 4) is 0 Å². The average Bonchev–Trinajstić information content (AvgIpc) is 3.28. The third-order valence-electron chi connectivity index (χ3n) is 11.5. The van der Waals surface area contributed by atoms with Gasteiger partial charge in [0.1, 0.15) is 13.2 Å². The zero-order chi connectivity index (χ0) is 45.8. The van der Waals surface area contributed by atoms with E-state index in [-0.39, 0.29) is 31.1 Å². The first kappa shape index (κ1) is 60.1. The molecular weight excluding hydrogens is 781 g/mol. The fourth-order valence-corrected chi connectivity index (χ4v) is 7.49. The van der Waals surface area contributed by atoms with E-state index in [0.29, 0.717) is 19.3 Å². The lowest BCUT2D eigenvalue weighted by molar-refractivity contribution is -0.167. The second-order valence-corrected chi connectivity index (χ2v) is 17.8. The number of carbonyl (C=O) groups is 3. The highest BCUT2D eigenvalue weighted by atomic mass is 16.6. The van der Waals surface area contributed by atoms with Gasteiger partial charge in [-0.15, -0.1) is 0 Å². The summed E-state index contributed by atoms with van der Waals surface area (Å²) in [4.78, 5) is 38.0. The normalized spacial score (nSPS) is 12.5. The Morgan fingerprint density at radius 3 is 0.984 bits per heavy atom. The van der Waals surface area contributed by atoms with Gasteiger partial charge in [-0.05, 0) is 83.5 Å². The summed E-state index contributed by atoms with van der Waals surface area (Å²) < 4.78 is 16.8. The van der Waals surface area contributed by atoms with Crippen molar-refractivity contribution in [1.29, 1.82) is 0 Å². The number of esters is 3. The van der Waals surface area contributed by atoms with Crippen LogP contribution in [0.15, 0.2) is 60.8 Å². The molecule has 0 aliphatic heterocycles. The minimum Gasteiger partial charge on any atom is -0.462 e. The number of ether oxygens (including phenoxy) is 3. The fourth-order valence-electron chi connectivity index (χ4n) is 7.49. The van der Waals surface area contributed by atoms with E-state index in [2.05, 4.69) is 81.5 Å². The maximum atomic E-state index is 12.8. The van der Waals surface area contributed by atoms with Crippen LogP contribution < -0.4 is 0 Å². The monoisotopic (exact) mass is 881 g/mol. The van der Waals surface area contributed by atoms with Gasteiger partial charge in [0.05, 0.1) is 0 Å². The van der Waals surface area contributed by atoms with Crippen molar-refractivity contribution in [2.24, 2.45) is 0 Å². The first-order valence-corrected chi connectivity index (χ1v) is 26.8. The van der Waals surface area contributed by atoms with E-state index in [1.165, 1.54) is 122 Å². The molecule has 0 aliphatic carbocycles. The minimum absolute atomic E-state index is 0.0781. The lowest BCUT2D eigenvalue weighted by Crippen LogP contribution is -2.30. The summed E-state index contributed by atoms with van der Waals surface area (Å²) in [5, 5.41) is 0. The first-order chi connectivity index (χ1) is 31.0. The number of carbonyl (C=O) groups excluding carboxylic acids is 3. The van der Waals surface area contributed by atoms with E-state index in [4.69, 9.17) is 14.2 Å². The van der Waals surface area contributed by atoms with Gasteiger partial charge in [0, 0.05) is 19.3 Å². The molecule has 0 N–H and O–H groups in total. The van der Waals surface area contributed by atoms with Crippen LogP contribution in [0, 0.1) is 0 Å². The van der Waals surface area contributed by atoms with E-state index in [1.807, 2.05) is 0 Å². The van der Waals surface area contributed by atoms with Crippen molar-refractivity contribution >= 4 is 17.9 Å². The molecular formula is C57H100O6. The van der Waals surface area contributed by atoms with Crippen molar-refractivity contribution < 1.29 is 28.6 Å². The molecule has 1 atom stereocenters. The summed E-state index contributed by atoms with van der Waals surface area (Å²) in [5.74, 6) is -0.890. The molecule has 0 radical (unpaired) electrons. The molecule has 0 amide bonds. The van der Waals surface area contributed by atoms with E-state index >= 15 is 0 Å². The molecule has 63 heavy (non-hydrogen) atoms. The predicted molar refractivity (Wildman–Crippen MR) is 270 cm³/mol. The topological polar surface area (TPSA) is 78.9 Å². The van der Waals surface area contributed by atoms with Crippen LogP contribution in [0.2, 0.25) is 0 Å². The second-order valence-electron chi connectivity index (χ2n) is 17.8. The molecule has 0 spiro atoms. The maximum absolute atomic E-state index is 12.8. The van der Waals surface area contributed by atoms with Crippen molar-refractivity contribution in [2.45, 2.75) is 271 Å². The summed E-state index contributed by atoms with van der Waals surface area (Å²) in [6.45, 7) is 6.50. The Bertz CT molecular complexity index is 1150. The van der Waals surface area contributed by atoms with Crippen molar-refractivity contribution in [1.82, 2.24) is 0 Å². The van der Waals surface area contributed by atoms with Gasteiger partial charge in [0.25, 0.3) is 0 Å². The maximum Gasteiger partial charge on any atom is 0.306 e. The average molecular weight is 881 g/mol. The molecule has 0 aromatic carbocycles. The van der Waals surface area contributed by atoms with Crippen LogP contribution in [0.25, 0.3) is 0 Å². The van der Waals surface area contributed by atoms with Gasteiger partial charge >= 0.3 is 17.9 Å². The van der Waals surface area contributed by atoms with Gasteiger partial charge in [0.2, 0.25) is 0 Å². The molecule has 0 aliphatic rings. The first-order valence-electron chi connectivity index (χ1n) is 26.8. The summed E-state index contributed by atoms with van der Waals surface area (Å²) in [6, 6.07) is 0. The Morgan fingerprint density at radius 2 is 0.619 bits per heavy atom. The molecule has 0 rings (SSSR count). The highest BCUT2D eigenvalue weighted by Crippen LogP contribution is 2.15. The Hall–Kier alpha value is -2.89. The third kappa shape index (κ3) is 50.0. The summed E-state index contributed by atoms with van der Waals surface area (Å²) in [6.07, 6.45) is 63.5. The molecule has 6 nitrogen and oxygen atoms in total. The van der Waals surface area contributed by atoms with Crippen LogP contribution >= 0.6 is 0 Å². The van der Waals surface area contributed by atoms with Gasteiger partial charge < -0.3 is 14.2 Å². The predicted octanol–water partition coefficient (Wildman–Crippen LogP) is 17.6. The minimum atomic E-state index is -0.778. The number of hydrogen-bond acceptors (Lipinski definition) is 6. The molecule has 364 valence electrons. The van der Waals surface area contributed by atoms with E-state index in [1.54, 1.807) is 0 Å². The summed E-state index contributed by atoms with van der Waals surface area (Å²) in [5.41, 5.74) is 0. The zero-order valence-electron chi connectivity index (χ0n) is 41.6. The van der Waals surface area contributed by atoms with Gasteiger partial charge in [-0.3, -0.25) is 14.4 Å². The van der Waals surface area contributed by atoms with Gasteiger partial charge in [-0.25, -0.2) is 0 Å². The zero-order valence-corrected chi connectivity index (χ0v) is 41.6. The van der Waals surface area contributed by atoms with E-state index in [0.717, 1.165) is 103 Å². The van der Waals surface area contributed by atoms with E-state index < -0.39 is 6.10 Å². The van der Waals surface area contributed by atoms with Crippen LogP contribution in [-0.4, -0.2) is 37.2 Å². The van der Waals surface area contributed by atoms with E-state index in [9.17, 15) is 14.4 Å². The lowest BCUT2D eigenvalue weighted by atomic mass is 10.1. The van der Waals surface area contributed by atoms with Crippen LogP contribution in [-0.2, 0) is 28.6 Å². The standard InChI is InChI=1S/C57H100O6/c1-4-7-10-13-16-19-22-24-26-27-28-29-30-31-32-34-35-38-41-44-47-50-56(59)62-53-54(52-61-55(58)49-46-43-40-37-21-18-15-12-9-6-3)63-57(60)51-48-45-42-39-36-33-25-23-20-17-14-11-8-5-2/h7,10,16,19,23-26,28-29,54H,4-6,8-9,11-15,17-18,20-22,27,30-53H2,1-3H3/b10-7-,19-16-,25-23-,26-24-,29-28-. The smallest absolute Gasteiger partial charge is 0.306 e. The second kappa shape index (κ2) is 51.7. The highest BCUT2D eigenvalue weighted by molar-refractivity contribution is 5.71. The van der Waals surface area contributed by atoms with Crippen molar-refractivity contribution in [3.63, 3.8) is 0 Å². The number of rotatable bonds is 48. The van der Waals surface area contributed by atoms with Crippen LogP contribution in [0.1, 0.15) is 265 Å². The molecule has 0 aromatic rings. The molecule has 0 heterocycles. The largest absolute Gasteiger partial charge is 0.462 e. The molecule has 0 saturated carbocycles. The fraction of sp³-hybridized carbons (Fsp3) is 0.772. The molecule has 0 bridgehead atoms. The summed E-state index contributed by atoms with van der Waals surface area (Å²) >= 11 is 0. The van der Waals surface area contributed by atoms with Crippen LogP contribution in [0.4, 0.5) is 0 Å². The van der Waals surface area contributed by atoms with Crippen LogP contribution in [0.5, 0.6) is 0 Å². The molecule has 0 aromatic heterocycles. The molecule has 6 heteroatoms. The van der Waals surface area contributed by atoms with Gasteiger partial charge in [-0.1, -0.05) is 223 Å². The van der Waals surface area contributed by atoms with Crippen molar-refractivity contribution in [3.05, 3.63) is 60.8 Å². The lowest BCUT2D eigenvalue weighted by Gasteiger charge is -2.18. The molecule has 0 saturated heterocycles. The third-order valence-corrected chi connectivity index (χ3v) is 11.5. The Morgan fingerprint density at radius 1 is 0.333 bits per heavy atom. The SMILES string of the molecule is CC/C=C\C/C=C\C/C=C\C/C=C\CCCCCCCCCCC(=O)OCC(COC(=O)CCCCCCCCCCCC)OC(=O)CCCCCCC/C=C\CCCCCCC.